The molecule has 1 aromatic rings. The van der Waals surface area contributed by atoms with Gasteiger partial charge in [0.15, 0.2) is 6.10 Å². The summed E-state index contributed by atoms with van der Waals surface area (Å²) in [6, 6.07) is 3.38. The average molecular weight is 183 g/mol. The third kappa shape index (κ3) is 2.09. The van der Waals surface area contributed by atoms with Crippen LogP contribution in [-0.2, 0) is 4.79 Å². The number of carbonyl (C=O) groups is 1. The van der Waals surface area contributed by atoms with Crippen molar-refractivity contribution in [1.82, 2.24) is 0 Å². The third-order valence-corrected chi connectivity index (χ3v) is 1.51. The summed E-state index contributed by atoms with van der Waals surface area (Å²) in [6.45, 7) is 0. The molecule has 0 saturated carbocycles. The molecule has 0 aromatic heterocycles. The quantitative estimate of drug-likeness (QED) is 0.501. The molecule has 0 spiro atoms. The molecule has 0 heterocycles. The van der Waals surface area contributed by atoms with Crippen molar-refractivity contribution in [2.75, 3.05) is 0 Å². The fraction of sp³-hybridized carbons (Fsp3) is 0.125. The molecule has 0 aliphatic rings. The number of benzene rings is 1. The first kappa shape index (κ1) is 9.34. The van der Waals surface area contributed by atoms with Gasteiger partial charge >= 0.3 is 0 Å². The second-order valence-electron chi connectivity index (χ2n) is 2.59. The van der Waals surface area contributed by atoms with Crippen LogP contribution in [-0.4, -0.2) is 21.2 Å². The van der Waals surface area contributed by atoms with Gasteiger partial charge in [0.2, 0.25) is 0 Å². The first-order chi connectivity index (χ1) is 6.00. The highest BCUT2D eigenvalue weighted by Gasteiger charge is 2.14. The lowest BCUT2D eigenvalue weighted by molar-refractivity contribution is -0.126. The Kier molecular flexibility index (Phi) is 2.39. The number of amides is 1. The van der Waals surface area contributed by atoms with Gasteiger partial charge in [-0.25, -0.2) is 0 Å². The molecule has 5 heteroatoms. The van der Waals surface area contributed by atoms with Gasteiger partial charge in [0.1, 0.15) is 11.5 Å². The smallest absolute Gasteiger partial charge is 0.250 e. The van der Waals surface area contributed by atoms with E-state index in [1.807, 2.05) is 0 Å². The number of primary amides is 1. The molecule has 13 heavy (non-hydrogen) atoms. The van der Waals surface area contributed by atoms with E-state index < -0.39 is 12.0 Å². The van der Waals surface area contributed by atoms with Gasteiger partial charge < -0.3 is 21.1 Å². The number of phenolic OH excluding ortho intramolecular Hbond substituents is 2. The molecule has 0 bridgehead atoms. The molecule has 0 aliphatic heterocycles. The van der Waals surface area contributed by atoms with Crippen molar-refractivity contribution in [2.45, 2.75) is 6.10 Å². The number of aliphatic hydroxyl groups excluding tert-OH is 1. The Bertz CT molecular complexity index is 317. The summed E-state index contributed by atoms with van der Waals surface area (Å²) in [6.07, 6.45) is -1.52. The fourth-order valence-corrected chi connectivity index (χ4v) is 0.940. The average Bonchev–Trinajstić information content (AvgIpc) is 2.01. The Morgan fingerprint density at radius 1 is 1.23 bits per heavy atom. The van der Waals surface area contributed by atoms with Crippen LogP contribution in [0, 0.1) is 0 Å². The molecule has 0 fully saturated rings. The van der Waals surface area contributed by atoms with Crippen LogP contribution in [0.5, 0.6) is 11.5 Å². The number of aliphatic hydroxyl groups is 1. The van der Waals surface area contributed by atoms with Crippen molar-refractivity contribution >= 4 is 5.91 Å². The Hall–Kier alpha value is -1.75. The predicted molar refractivity (Wildman–Crippen MR) is 43.9 cm³/mol. The first-order valence-electron chi connectivity index (χ1n) is 3.51. The summed E-state index contributed by atoms with van der Waals surface area (Å²) in [5.41, 5.74) is 4.88. The van der Waals surface area contributed by atoms with Crippen molar-refractivity contribution < 1.29 is 20.1 Å². The van der Waals surface area contributed by atoms with Crippen molar-refractivity contribution in [3.05, 3.63) is 23.8 Å². The molecule has 70 valence electrons. The fourth-order valence-electron chi connectivity index (χ4n) is 0.940. The van der Waals surface area contributed by atoms with Gasteiger partial charge in [-0.1, -0.05) is 0 Å². The zero-order valence-electron chi connectivity index (χ0n) is 6.64. The predicted octanol–water partition coefficient (Wildman–Crippen LogP) is -0.383. The van der Waals surface area contributed by atoms with E-state index in [4.69, 9.17) is 21.1 Å². The zero-order valence-corrected chi connectivity index (χ0v) is 6.64. The van der Waals surface area contributed by atoms with Crippen molar-refractivity contribution in [3.63, 3.8) is 0 Å². The molecule has 1 unspecified atom stereocenters. The summed E-state index contributed by atoms with van der Waals surface area (Å²) < 4.78 is 0. The van der Waals surface area contributed by atoms with E-state index in [-0.39, 0.29) is 17.1 Å². The largest absolute Gasteiger partial charge is 0.508 e. The standard InChI is InChI=1S/C8H9NO4/c9-8(13)7(12)4-1-5(10)3-6(11)2-4/h1-3,7,10-12H,(H2,9,13). The van der Waals surface area contributed by atoms with Gasteiger partial charge in [-0.2, -0.15) is 0 Å². The van der Waals surface area contributed by atoms with Gasteiger partial charge in [-0.3, -0.25) is 4.79 Å². The molecule has 0 radical (unpaired) electrons. The Morgan fingerprint density at radius 2 is 1.69 bits per heavy atom. The second-order valence-corrected chi connectivity index (χ2v) is 2.59. The van der Waals surface area contributed by atoms with Gasteiger partial charge in [0, 0.05) is 6.07 Å². The minimum Gasteiger partial charge on any atom is -0.508 e. The molecular weight excluding hydrogens is 174 g/mol. The van der Waals surface area contributed by atoms with Crippen LogP contribution in [0.3, 0.4) is 0 Å². The molecule has 1 aromatic carbocycles. The lowest BCUT2D eigenvalue weighted by Crippen LogP contribution is -2.20. The van der Waals surface area contributed by atoms with Crippen LogP contribution in [0.2, 0.25) is 0 Å². The van der Waals surface area contributed by atoms with Crippen molar-refractivity contribution in [2.24, 2.45) is 5.73 Å². The van der Waals surface area contributed by atoms with E-state index in [2.05, 4.69) is 0 Å². The van der Waals surface area contributed by atoms with Crippen molar-refractivity contribution in [1.29, 1.82) is 0 Å². The highest BCUT2D eigenvalue weighted by atomic mass is 16.3. The highest BCUT2D eigenvalue weighted by Crippen LogP contribution is 2.24. The lowest BCUT2D eigenvalue weighted by atomic mass is 10.1. The normalized spacial score (nSPS) is 12.4. The Morgan fingerprint density at radius 3 is 2.08 bits per heavy atom. The van der Waals surface area contributed by atoms with Crippen LogP contribution in [0.4, 0.5) is 0 Å². The molecule has 5 nitrogen and oxygen atoms in total. The minimum absolute atomic E-state index is 0.0602. The highest BCUT2D eigenvalue weighted by molar-refractivity contribution is 5.80. The molecule has 5 N–H and O–H groups in total. The minimum atomic E-state index is -1.52. The molecule has 1 atom stereocenters. The maximum atomic E-state index is 10.5. The summed E-state index contributed by atoms with van der Waals surface area (Å²) in [5.74, 6) is -1.42. The number of aromatic hydroxyl groups is 2. The van der Waals surface area contributed by atoms with Crippen LogP contribution in [0.25, 0.3) is 0 Å². The molecule has 0 aliphatic carbocycles. The van der Waals surface area contributed by atoms with E-state index in [1.165, 1.54) is 0 Å². The third-order valence-electron chi connectivity index (χ3n) is 1.51. The number of nitrogens with two attached hydrogens (primary N) is 1. The van der Waals surface area contributed by atoms with E-state index in [1.54, 1.807) is 0 Å². The number of hydrogen-bond donors (Lipinski definition) is 4. The summed E-state index contributed by atoms with van der Waals surface area (Å²) in [5, 5.41) is 27.2. The molecule has 0 saturated heterocycles. The number of rotatable bonds is 2. The van der Waals surface area contributed by atoms with Gasteiger partial charge in [0.05, 0.1) is 0 Å². The molecular formula is C8H9NO4. The van der Waals surface area contributed by atoms with E-state index >= 15 is 0 Å². The molecule has 1 rings (SSSR count). The summed E-state index contributed by atoms with van der Waals surface area (Å²) >= 11 is 0. The Balaban J connectivity index is 3.07. The summed E-state index contributed by atoms with van der Waals surface area (Å²) in [7, 11) is 0. The van der Waals surface area contributed by atoms with Crippen LogP contribution >= 0.6 is 0 Å². The van der Waals surface area contributed by atoms with Gasteiger partial charge in [0.25, 0.3) is 5.91 Å². The Labute approximate surface area is 74.0 Å². The maximum absolute atomic E-state index is 10.5. The number of phenols is 2. The van der Waals surface area contributed by atoms with Crippen molar-refractivity contribution in [3.8, 4) is 11.5 Å². The van der Waals surface area contributed by atoms with E-state index in [9.17, 15) is 4.79 Å². The number of carbonyl (C=O) groups excluding carboxylic acids is 1. The first-order valence-corrected chi connectivity index (χ1v) is 3.51. The maximum Gasteiger partial charge on any atom is 0.250 e. The van der Waals surface area contributed by atoms with Gasteiger partial charge in [-0.15, -0.1) is 0 Å². The monoisotopic (exact) mass is 183 g/mol. The summed E-state index contributed by atoms with van der Waals surface area (Å²) in [4.78, 5) is 10.5. The zero-order chi connectivity index (χ0) is 10.0. The topological polar surface area (TPSA) is 104 Å². The SMILES string of the molecule is NC(=O)C(O)c1cc(O)cc(O)c1. The van der Waals surface area contributed by atoms with Crippen LogP contribution in [0.15, 0.2) is 18.2 Å². The van der Waals surface area contributed by atoms with Gasteiger partial charge in [-0.05, 0) is 17.7 Å². The lowest BCUT2D eigenvalue weighted by Gasteiger charge is -2.07. The van der Waals surface area contributed by atoms with Crippen LogP contribution < -0.4 is 5.73 Å². The second kappa shape index (κ2) is 3.32. The number of hydrogen-bond acceptors (Lipinski definition) is 4. The van der Waals surface area contributed by atoms with E-state index in [0.717, 1.165) is 18.2 Å². The molecule has 1 amide bonds. The van der Waals surface area contributed by atoms with Crippen LogP contribution in [0.1, 0.15) is 11.7 Å². The van der Waals surface area contributed by atoms with E-state index in [0.29, 0.717) is 0 Å².